The molecule has 0 heterocycles. The van der Waals surface area contributed by atoms with Gasteiger partial charge in [-0.2, -0.15) is 0 Å². The SMILES string of the molecule is CC[C@@H](C)NC(=O)c1ccccc1NC(=S)Nc1ccc(F)cc1. The Hall–Kier alpha value is -2.47. The molecule has 0 aliphatic rings. The van der Waals surface area contributed by atoms with Crippen LogP contribution in [-0.4, -0.2) is 17.1 Å². The van der Waals surface area contributed by atoms with E-state index in [1.54, 1.807) is 30.3 Å². The van der Waals surface area contributed by atoms with Crippen LogP contribution in [0.4, 0.5) is 15.8 Å². The van der Waals surface area contributed by atoms with Gasteiger partial charge in [-0.25, -0.2) is 4.39 Å². The van der Waals surface area contributed by atoms with Gasteiger partial charge in [-0.1, -0.05) is 19.1 Å². The van der Waals surface area contributed by atoms with Crippen molar-refractivity contribution in [3.8, 4) is 0 Å². The summed E-state index contributed by atoms with van der Waals surface area (Å²) in [6, 6.07) is 13.1. The summed E-state index contributed by atoms with van der Waals surface area (Å²) < 4.78 is 12.9. The highest BCUT2D eigenvalue weighted by Crippen LogP contribution is 2.16. The molecule has 0 spiro atoms. The molecule has 1 atom stereocenters. The van der Waals surface area contributed by atoms with E-state index in [1.165, 1.54) is 12.1 Å². The molecule has 24 heavy (non-hydrogen) atoms. The normalized spacial score (nSPS) is 11.5. The molecule has 126 valence electrons. The molecule has 0 saturated carbocycles. The molecule has 0 saturated heterocycles. The number of nitrogens with one attached hydrogen (secondary N) is 3. The van der Waals surface area contributed by atoms with E-state index in [0.29, 0.717) is 22.1 Å². The smallest absolute Gasteiger partial charge is 0.253 e. The maximum absolute atomic E-state index is 12.9. The van der Waals surface area contributed by atoms with Gasteiger partial charge in [0.05, 0.1) is 11.3 Å². The number of hydrogen-bond acceptors (Lipinski definition) is 2. The first-order chi connectivity index (χ1) is 11.5. The number of carbonyl (C=O) groups excluding carboxylic acids is 1. The molecule has 2 aromatic carbocycles. The average molecular weight is 345 g/mol. The van der Waals surface area contributed by atoms with Crippen molar-refractivity contribution in [2.75, 3.05) is 10.6 Å². The molecule has 0 aliphatic carbocycles. The summed E-state index contributed by atoms with van der Waals surface area (Å²) in [6.45, 7) is 3.96. The highest BCUT2D eigenvalue weighted by atomic mass is 32.1. The van der Waals surface area contributed by atoms with Crippen LogP contribution in [-0.2, 0) is 0 Å². The molecule has 0 unspecified atom stereocenters. The predicted octanol–water partition coefficient (Wildman–Crippen LogP) is 4.16. The van der Waals surface area contributed by atoms with E-state index in [-0.39, 0.29) is 17.8 Å². The van der Waals surface area contributed by atoms with Gasteiger partial charge in [-0.3, -0.25) is 4.79 Å². The Balaban J connectivity index is 2.07. The summed E-state index contributed by atoms with van der Waals surface area (Å²) in [4.78, 5) is 12.4. The molecule has 4 nitrogen and oxygen atoms in total. The lowest BCUT2D eigenvalue weighted by atomic mass is 10.1. The topological polar surface area (TPSA) is 53.2 Å². The van der Waals surface area contributed by atoms with Gasteiger partial charge >= 0.3 is 0 Å². The van der Waals surface area contributed by atoms with Crippen LogP contribution >= 0.6 is 12.2 Å². The fourth-order valence-corrected chi connectivity index (χ4v) is 2.24. The lowest BCUT2D eigenvalue weighted by molar-refractivity contribution is 0.0940. The first-order valence-corrected chi connectivity index (χ1v) is 8.14. The van der Waals surface area contributed by atoms with Gasteiger partial charge in [0.25, 0.3) is 5.91 Å². The van der Waals surface area contributed by atoms with E-state index in [2.05, 4.69) is 16.0 Å². The van der Waals surface area contributed by atoms with Crippen molar-refractivity contribution < 1.29 is 9.18 Å². The van der Waals surface area contributed by atoms with E-state index < -0.39 is 0 Å². The number of anilines is 2. The van der Waals surface area contributed by atoms with Crippen molar-refractivity contribution in [2.24, 2.45) is 0 Å². The maximum atomic E-state index is 12.9. The molecule has 1 amide bonds. The number of para-hydroxylation sites is 1. The Morgan fingerprint density at radius 1 is 1.12 bits per heavy atom. The summed E-state index contributed by atoms with van der Waals surface area (Å²) in [7, 11) is 0. The van der Waals surface area contributed by atoms with Crippen molar-refractivity contribution in [2.45, 2.75) is 26.3 Å². The zero-order chi connectivity index (χ0) is 17.5. The Morgan fingerprint density at radius 2 is 1.79 bits per heavy atom. The molecular weight excluding hydrogens is 325 g/mol. The second kappa shape index (κ2) is 8.40. The van der Waals surface area contributed by atoms with Gasteiger partial charge < -0.3 is 16.0 Å². The number of thiocarbonyl (C=S) groups is 1. The fraction of sp³-hybridized carbons (Fsp3) is 0.222. The summed E-state index contributed by atoms with van der Waals surface area (Å²) >= 11 is 5.26. The number of carbonyl (C=O) groups is 1. The molecule has 2 aromatic rings. The van der Waals surface area contributed by atoms with Crippen LogP contribution in [0.5, 0.6) is 0 Å². The number of halogens is 1. The largest absolute Gasteiger partial charge is 0.350 e. The average Bonchev–Trinajstić information content (AvgIpc) is 2.57. The first kappa shape index (κ1) is 17.9. The Labute approximate surface area is 146 Å². The van der Waals surface area contributed by atoms with Crippen LogP contribution in [0.15, 0.2) is 48.5 Å². The second-order valence-corrected chi connectivity index (χ2v) is 5.82. The van der Waals surface area contributed by atoms with Gasteiger partial charge in [-0.05, 0) is 62.0 Å². The van der Waals surface area contributed by atoms with Gasteiger partial charge in [0.1, 0.15) is 5.82 Å². The van der Waals surface area contributed by atoms with Crippen molar-refractivity contribution in [1.82, 2.24) is 5.32 Å². The standard InChI is InChI=1S/C18H20FN3OS/c1-3-12(2)20-17(23)15-6-4-5-7-16(15)22-18(24)21-14-10-8-13(19)9-11-14/h4-12H,3H2,1-2H3,(H,20,23)(H2,21,22,24)/t12-/m1/s1. The highest BCUT2D eigenvalue weighted by Gasteiger charge is 2.13. The predicted molar refractivity (Wildman–Crippen MR) is 99.9 cm³/mol. The molecule has 0 bridgehead atoms. The molecule has 0 radical (unpaired) electrons. The Kier molecular flexibility index (Phi) is 6.26. The van der Waals surface area contributed by atoms with E-state index in [4.69, 9.17) is 12.2 Å². The van der Waals surface area contributed by atoms with Crippen molar-refractivity contribution in [1.29, 1.82) is 0 Å². The fourth-order valence-electron chi connectivity index (χ4n) is 2.01. The van der Waals surface area contributed by atoms with E-state index in [1.807, 2.05) is 19.9 Å². The lowest BCUT2D eigenvalue weighted by Gasteiger charge is -2.16. The highest BCUT2D eigenvalue weighted by molar-refractivity contribution is 7.80. The second-order valence-electron chi connectivity index (χ2n) is 5.41. The summed E-state index contributed by atoms with van der Waals surface area (Å²) in [5, 5.41) is 9.22. The van der Waals surface area contributed by atoms with E-state index in [9.17, 15) is 9.18 Å². The number of amides is 1. The van der Waals surface area contributed by atoms with Crippen LogP contribution in [0.3, 0.4) is 0 Å². The molecule has 0 aromatic heterocycles. The van der Waals surface area contributed by atoms with Crippen LogP contribution in [0.1, 0.15) is 30.6 Å². The third-order valence-corrected chi connectivity index (χ3v) is 3.72. The van der Waals surface area contributed by atoms with Crippen LogP contribution < -0.4 is 16.0 Å². The van der Waals surface area contributed by atoms with Crippen molar-refractivity contribution in [3.05, 3.63) is 59.9 Å². The summed E-state index contributed by atoms with van der Waals surface area (Å²) in [6.07, 6.45) is 0.853. The molecular formula is C18H20FN3OS. The van der Waals surface area contributed by atoms with Crippen molar-refractivity contribution >= 4 is 34.6 Å². The lowest BCUT2D eigenvalue weighted by Crippen LogP contribution is -2.32. The van der Waals surface area contributed by atoms with Crippen LogP contribution in [0.25, 0.3) is 0 Å². The van der Waals surface area contributed by atoms with Gasteiger partial charge in [0.2, 0.25) is 0 Å². The molecule has 0 fully saturated rings. The zero-order valence-corrected chi connectivity index (χ0v) is 14.4. The van der Waals surface area contributed by atoms with Crippen LogP contribution in [0.2, 0.25) is 0 Å². The third-order valence-electron chi connectivity index (χ3n) is 3.51. The molecule has 0 aliphatic heterocycles. The Morgan fingerprint density at radius 3 is 2.46 bits per heavy atom. The molecule has 3 N–H and O–H groups in total. The maximum Gasteiger partial charge on any atom is 0.253 e. The first-order valence-electron chi connectivity index (χ1n) is 7.73. The van der Waals surface area contributed by atoms with Gasteiger partial charge in [0.15, 0.2) is 5.11 Å². The minimum atomic E-state index is -0.313. The third kappa shape index (κ3) is 5.03. The van der Waals surface area contributed by atoms with Crippen molar-refractivity contribution in [3.63, 3.8) is 0 Å². The Bertz CT molecular complexity index is 718. The number of benzene rings is 2. The monoisotopic (exact) mass is 345 g/mol. The zero-order valence-electron chi connectivity index (χ0n) is 13.6. The summed E-state index contributed by atoms with van der Waals surface area (Å²) in [5.74, 6) is -0.469. The van der Waals surface area contributed by atoms with Crippen LogP contribution in [0, 0.1) is 5.82 Å². The number of rotatable bonds is 5. The number of hydrogen-bond donors (Lipinski definition) is 3. The van der Waals surface area contributed by atoms with E-state index in [0.717, 1.165) is 6.42 Å². The quantitative estimate of drug-likeness (QED) is 0.712. The van der Waals surface area contributed by atoms with Gasteiger partial charge in [0, 0.05) is 11.7 Å². The molecule has 2 rings (SSSR count). The minimum absolute atomic E-state index is 0.0925. The summed E-state index contributed by atoms with van der Waals surface area (Å²) in [5.41, 5.74) is 1.79. The van der Waals surface area contributed by atoms with E-state index >= 15 is 0 Å². The van der Waals surface area contributed by atoms with Gasteiger partial charge in [-0.15, -0.1) is 0 Å². The minimum Gasteiger partial charge on any atom is -0.350 e. The molecule has 6 heteroatoms.